The van der Waals surface area contributed by atoms with E-state index in [0.29, 0.717) is 10.4 Å². The Balaban J connectivity index is 0.00000128. The van der Waals surface area contributed by atoms with Crippen LogP contribution in [-0.4, -0.2) is 37.8 Å². The summed E-state index contributed by atoms with van der Waals surface area (Å²) in [6.07, 6.45) is 0. The first-order chi connectivity index (χ1) is 7.31. The van der Waals surface area contributed by atoms with E-state index in [9.17, 15) is 4.39 Å². The Hall–Kier alpha value is 0.190. The first kappa shape index (κ1) is 17.2. The molecule has 0 amide bonds. The minimum atomic E-state index is -0.403. The van der Waals surface area contributed by atoms with Crippen molar-refractivity contribution in [1.29, 1.82) is 0 Å². The minimum Gasteiger partial charge on any atom is -0.453 e. The fourth-order valence-corrected chi connectivity index (χ4v) is 2.17. The molecule has 100 valence electrons. The first-order valence-electron chi connectivity index (χ1n) is 5.07. The summed E-state index contributed by atoms with van der Waals surface area (Å²) >= 11 is 3.23. The second kappa shape index (κ2) is 8.32. The molecule has 1 saturated heterocycles. The number of nitrogens with zero attached hydrogens (tertiary/aromatic N) is 1. The molecule has 1 aromatic heterocycles. The maximum Gasteiger partial charge on any atom is 0.169 e. The van der Waals surface area contributed by atoms with E-state index in [0.717, 1.165) is 26.2 Å². The van der Waals surface area contributed by atoms with Gasteiger partial charge >= 0.3 is 0 Å². The molecule has 1 fully saturated rings. The van der Waals surface area contributed by atoms with Crippen LogP contribution < -0.4 is 5.32 Å². The number of hydrogen-bond acceptors (Lipinski definition) is 3. The molecular formula is C10H16BrCl2FN2O. The predicted octanol–water partition coefficient (Wildman–Crippen LogP) is 2.80. The van der Waals surface area contributed by atoms with Crippen molar-refractivity contribution in [3.63, 3.8) is 0 Å². The molecule has 1 aliphatic rings. The van der Waals surface area contributed by atoms with Crippen molar-refractivity contribution in [2.75, 3.05) is 32.9 Å². The summed E-state index contributed by atoms with van der Waals surface area (Å²) in [6, 6.07) is 3.40. The molecule has 1 aliphatic heterocycles. The monoisotopic (exact) mass is 348 g/mol. The Morgan fingerprint density at radius 1 is 1.35 bits per heavy atom. The van der Waals surface area contributed by atoms with Gasteiger partial charge in [-0.15, -0.1) is 24.8 Å². The van der Waals surface area contributed by atoms with Gasteiger partial charge in [0.15, 0.2) is 4.67 Å². The zero-order valence-corrected chi connectivity index (χ0v) is 12.4. The van der Waals surface area contributed by atoms with Gasteiger partial charge in [-0.05, 0) is 28.1 Å². The van der Waals surface area contributed by atoms with Gasteiger partial charge < -0.3 is 9.73 Å². The normalized spacial score (nSPS) is 18.0. The van der Waals surface area contributed by atoms with Crippen molar-refractivity contribution in [3.05, 3.63) is 22.6 Å². The molecule has 17 heavy (non-hydrogen) atoms. The lowest BCUT2D eigenvalue weighted by molar-refractivity contribution is 0.129. The van der Waals surface area contributed by atoms with Crippen LogP contribution in [0, 0.1) is 0 Å². The van der Waals surface area contributed by atoms with Crippen LogP contribution in [0.5, 0.6) is 0 Å². The van der Waals surface area contributed by atoms with Crippen LogP contribution in [0.4, 0.5) is 4.39 Å². The highest BCUT2D eigenvalue weighted by Crippen LogP contribution is 2.25. The van der Waals surface area contributed by atoms with Gasteiger partial charge in [-0.3, -0.25) is 4.90 Å². The Morgan fingerprint density at radius 3 is 2.47 bits per heavy atom. The molecule has 0 radical (unpaired) electrons. The first-order valence-corrected chi connectivity index (χ1v) is 5.86. The van der Waals surface area contributed by atoms with Gasteiger partial charge in [-0.1, -0.05) is 0 Å². The van der Waals surface area contributed by atoms with Gasteiger partial charge in [0.25, 0.3) is 0 Å². The molecule has 7 heteroatoms. The van der Waals surface area contributed by atoms with E-state index in [2.05, 4.69) is 26.1 Å². The molecule has 0 saturated carbocycles. The van der Waals surface area contributed by atoms with E-state index in [1.54, 1.807) is 6.07 Å². The summed E-state index contributed by atoms with van der Waals surface area (Å²) in [5.74, 6) is 0.700. The third kappa shape index (κ3) is 4.41. The van der Waals surface area contributed by atoms with Crippen LogP contribution in [0.2, 0.25) is 0 Å². The summed E-state index contributed by atoms with van der Waals surface area (Å²) in [5.41, 5.74) is 0. The topological polar surface area (TPSA) is 28.4 Å². The molecule has 3 nitrogen and oxygen atoms in total. The van der Waals surface area contributed by atoms with Crippen LogP contribution in [0.1, 0.15) is 11.8 Å². The third-order valence-corrected chi connectivity index (χ3v) is 3.09. The Kier molecular flexibility index (Phi) is 8.41. The quantitative estimate of drug-likeness (QED) is 0.909. The number of rotatable bonds is 3. The maximum absolute atomic E-state index is 13.0. The van der Waals surface area contributed by atoms with Gasteiger partial charge in [-0.2, -0.15) is 0 Å². The summed E-state index contributed by atoms with van der Waals surface area (Å²) in [7, 11) is 0. The van der Waals surface area contributed by atoms with Gasteiger partial charge in [0.2, 0.25) is 0 Å². The summed E-state index contributed by atoms with van der Waals surface area (Å²) in [4.78, 5) is 2.11. The predicted molar refractivity (Wildman–Crippen MR) is 74.1 cm³/mol. The van der Waals surface area contributed by atoms with Crippen molar-refractivity contribution in [3.8, 4) is 0 Å². The zero-order chi connectivity index (χ0) is 10.7. The summed E-state index contributed by atoms with van der Waals surface area (Å²) in [6.45, 7) is 3.16. The molecule has 2 heterocycles. The van der Waals surface area contributed by atoms with Gasteiger partial charge in [0.05, 0.1) is 6.04 Å². The van der Waals surface area contributed by atoms with E-state index in [4.69, 9.17) is 4.42 Å². The summed E-state index contributed by atoms with van der Waals surface area (Å²) in [5, 5.41) is 3.25. The Labute approximate surface area is 121 Å². The molecule has 1 atom stereocenters. The number of hydrogen-bond donors (Lipinski definition) is 1. The molecule has 1 aromatic rings. The van der Waals surface area contributed by atoms with E-state index in [1.165, 1.54) is 0 Å². The van der Waals surface area contributed by atoms with Crippen LogP contribution in [0.3, 0.4) is 0 Å². The SMILES string of the molecule is Cl.Cl.FC[C@H](c1ccc(Br)o1)N1CCNCC1. The van der Waals surface area contributed by atoms with Crippen molar-refractivity contribution in [1.82, 2.24) is 10.2 Å². The minimum absolute atomic E-state index is 0. The third-order valence-electron chi connectivity index (χ3n) is 2.66. The van der Waals surface area contributed by atoms with Crippen LogP contribution in [-0.2, 0) is 0 Å². The lowest BCUT2D eigenvalue weighted by Gasteiger charge is -2.32. The molecule has 0 aromatic carbocycles. The molecule has 0 spiro atoms. The van der Waals surface area contributed by atoms with E-state index in [1.807, 2.05) is 6.07 Å². The molecule has 0 unspecified atom stereocenters. The molecule has 0 aliphatic carbocycles. The van der Waals surface area contributed by atoms with Crippen molar-refractivity contribution in [2.24, 2.45) is 0 Å². The van der Waals surface area contributed by atoms with Crippen molar-refractivity contribution < 1.29 is 8.81 Å². The average molecular weight is 350 g/mol. The number of alkyl halides is 1. The highest BCUT2D eigenvalue weighted by Gasteiger charge is 2.24. The molecule has 1 N–H and O–H groups in total. The lowest BCUT2D eigenvalue weighted by atomic mass is 10.2. The fraction of sp³-hybridized carbons (Fsp3) is 0.600. The van der Waals surface area contributed by atoms with Crippen LogP contribution in [0.25, 0.3) is 0 Å². The van der Waals surface area contributed by atoms with Crippen molar-refractivity contribution >= 4 is 40.7 Å². The van der Waals surface area contributed by atoms with Crippen molar-refractivity contribution in [2.45, 2.75) is 6.04 Å². The van der Waals surface area contributed by atoms with E-state index < -0.39 is 6.67 Å². The largest absolute Gasteiger partial charge is 0.453 e. The zero-order valence-electron chi connectivity index (χ0n) is 9.20. The maximum atomic E-state index is 13.0. The van der Waals surface area contributed by atoms with E-state index >= 15 is 0 Å². The molecule has 2 rings (SSSR count). The second-order valence-electron chi connectivity index (χ2n) is 3.60. The number of piperazine rings is 1. The number of halogens is 4. The highest BCUT2D eigenvalue weighted by atomic mass is 79.9. The number of nitrogens with one attached hydrogen (secondary N) is 1. The smallest absolute Gasteiger partial charge is 0.169 e. The average Bonchev–Trinajstić information content (AvgIpc) is 2.68. The Morgan fingerprint density at radius 2 is 2.00 bits per heavy atom. The van der Waals surface area contributed by atoms with Gasteiger partial charge in [0.1, 0.15) is 12.4 Å². The molecular weight excluding hydrogens is 334 g/mol. The Bertz CT molecular complexity index is 321. The lowest BCUT2D eigenvalue weighted by Crippen LogP contribution is -2.45. The number of furan rings is 1. The van der Waals surface area contributed by atoms with Crippen LogP contribution >= 0.6 is 40.7 Å². The second-order valence-corrected chi connectivity index (χ2v) is 4.38. The highest BCUT2D eigenvalue weighted by molar-refractivity contribution is 9.10. The van der Waals surface area contributed by atoms with E-state index in [-0.39, 0.29) is 30.9 Å². The van der Waals surface area contributed by atoms with Gasteiger partial charge in [-0.25, -0.2) is 4.39 Å². The summed E-state index contributed by atoms with van der Waals surface area (Å²) < 4.78 is 19.1. The fourth-order valence-electron chi connectivity index (χ4n) is 1.85. The van der Waals surface area contributed by atoms with Gasteiger partial charge in [0, 0.05) is 26.2 Å². The van der Waals surface area contributed by atoms with Crippen LogP contribution in [0.15, 0.2) is 21.2 Å². The molecule has 0 bridgehead atoms. The standard InChI is InChI=1S/C10H14BrFN2O.2ClH/c11-10-2-1-9(15-10)8(7-12)14-5-3-13-4-6-14;;/h1-2,8,13H,3-7H2;2*1H/t8-;;/m1../s1.